The number of ether oxygens (including phenoxy) is 2. The molecule has 0 aromatic heterocycles. The van der Waals surface area contributed by atoms with Gasteiger partial charge in [0.2, 0.25) is 5.78 Å². The van der Waals surface area contributed by atoms with Crippen LogP contribution in [0.1, 0.15) is 72.1 Å². The van der Waals surface area contributed by atoms with Crippen LogP contribution in [0.5, 0.6) is 0 Å². The molecular weight excluding hydrogens is 408 g/mol. The highest BCUT2D eigenvalue weighted by Crippen LogP contribution is 2.67. The normalized spacial score (nSPS) is 42.7. The lowest BCUT2D eigenvalue weighted by Gasteiger charge is -2.59. The van der Waals surface area contributed by atoms with Crippen LogP contribution < -0.4 is 0 Å². The van der Waals surface area contributed by atoms with Gasteiger partial charge < -0.3 is 19.7 Å². The van der Waals surface area contributed by atoms with E-state index in [2.05, 4.69) is 19.1 Å². The Hall–Kier alpha value is -1.66. The number of carbonyl (C=O) groups excluding carboxylic acids is 2. The van der Waals surface area contributed by atoms with Gasteiger partial charge in [0.1, 0.15) is 6.61 Å². The molecule has 0 saturated heterocycles. The zero-order valence-electron chi connectivity index (χ0n) is 19.9. The lowest BCUT2D eigenvalue weighted by Crippen LogP contribution is -2.62. The van der Waals surface area contributed by atoms with Gasteiger partial charge in [0.05, 0.1) is 19.0 Å². The summed E-state index contributed by atoms with van der Waals surface area (Å²) in [5.74, 6) is 0.591. The first-order valence-electron chi connectivity index (χ1n) is 12.2. The number of methoxy groups -OCH3 is 1. The summed E-state index contributed by atoms with van der Waals surface area (Å²) in [6.45, 7) is 5.50. The van der Waals surface area contributed by atoms with Gasteiger partial charge in [0.25, 0.3) is 0 Å². The summed E-state index contributed by atoms with van der Waals surface area (Å²) in [7, 11) is 1.71. The van der Waals surface area contributed by atoms with Gasteiger partial charge in [-0.15, -0.1) is 0 Å². The molecule has 7 atom stereocenters. The molecule has 0 radical (unpaired) electrons. The SMILES string of the molecule is CCCC(=O)O[C@]1(C(=O)CO)CC[C@H]2[C@@H]3CC=C4C=C(OC)CC[C@]4(C)[C@H]3[C@@H](O)C[C@@]21C. The van der Waals surface area contributed by atoms with Crippen LogP contribution in [-0.2, 0) is 19.1 Å². The summed E-state index contributed by atoms with van der Waals surface area (Å²) in [5, 5.41) is 21.4. The van der Waals surface area contributed by atoms with E-state index in [0.717, 1.165) is 31.4 Å². The minimum absolute atomic E-state index is 0.0848. The summed E-state index contributed by atoms with van der Waals surface area (Å²) in [6.07, 6.45) is 8.87. The van der Waals surface area contributed by atoms with Crippen molar-refractivity contribution in [2.75, 3.05) is 13.7 Å². The summed E-state index contributed by atoms with van der Waals surface area (Å²) in [4.78, 5) is 25.7. The number of fused-ring (bicyclic) bond motifs is 5. The Balaban J connectivity index is 1.73. The molecule has 6 nitrogen and oxygen atoms in total. The van der Waals surface area contributed by atoms with Gasteiger partial charge in [-0.1, -0.05) is 26.8 Å². The third-order valence-corrected chi connectivity index (χ3v) is 9.38. The molecule has 0 amide bonds. The maximum absolute atomic E-state index is 13.1. The largest absolute Gasteiger partial charge is 0.501 e. The topological polar surface area (TPSA) is 93.1 Å². The van der Waals surface area contributed by atoms with Crippen molar-refractivity contribution >= 4 is 11.8 Å². The summed E-state index contributed by atoms with van der Waals surface area (Å²) in [6, 6.07) is 0. The minimum atomic E-state index is -1.36. The molecule has 0 heterocycles. The lowest BCUT2D eigenvalue weighted by atomic mass is 9.46. The average molecular weight is 447 g/mol. The van der Waals surface area contributed by atoms with Crippen LogP contribution in [0.2, 0.25) is 0 Å². The molecular formula is C26H38O6. The fourth-order valence-electron chi connectivity index (χ4n) is 7.84. The Labute approximate surface area is 191 Å². The molecule has 2 saturated carbocycles. The molecule has 0 bridgehead atoms. The van der Waals surface area contributed by atoms with Crippen molar-refractivity contribution in [2.45, 2.75) is 83.8 Å². The number of hydrogen-bond donors (Lipinski definition) is 2. The molecule has 0 unspecified atom stereocenters. The smallest absolute Gasteiger partial charge is 0.306 e. The van der Waals surface area contributed by atoms with Gasteiger partial charge in [0, 0.05) is 18.3 Å². The first kappa shape index (κ1) is 23.5. The predicted octanol–water partition coefficient (Wildman–Crippen LogP) is 3.70. The number of rotatable bonds is 6. The van der Waals surface area contributed by atoms with E-state index in [9.17, 15) is 19.8 Å². The highest BCUT2D eigenvalue weighted by Gasteiger charge is 2.70. The average Bonchev–Trinajstić information content (AvgIpc) is 3.04. The quantitative estimate of drug-likeness (QED) is 0.605. The van der Waals surface area contributed by atoms with Crippen LogP contribution in [0.4, 0.5) is 0 Å². The molecule has 4 aliphatic rings. The highest BCUT2D eigenvalue weighted by molar-refractivity contribution is 5.92. The molecule has 2 N–H and O–H groups in total. The van der Waals surface area contributed by atoms with Gasteiger partial charge in [-0.2, -0.15) is 0 Å². The number of esters is 1. The molecule has 4 rings (SSSR count). The zero-order chi connectivity index (χ0) is 23.3. The lowest BCUT2D eigenvalue weighted by molar-refractivity contribution is -0.200. The van der Waals surface area contributed by atoms with Crippen molar-refractivity contribution in [3.63, 3.8) is 0 Å². The Morgan fingerprint density at radius 3 is 2.66 bits per heavy atom. The Morgan fingerprint density at radius 1 is 1.25 bits per heavy atom. The van der Waals surface area contributed by atoms with Gasteiger partial charge in [-0.25, -0.2) is 0 Å². The number of aliphatic hydroxyl groups excluding tert-OH is 2. The fourth-order valence-corrected chi connectivity index (χ4v) is 7.84. The molecule has 4 aliphatic carbocycles. The van der Waals surface area contributed by atoms with E-state index in [-0.39, 0.29) is 29.6 Å². The molecule has 0 aromatic rings. The Kier molecular flexibility index (Phi) is 6.08. The van der Waals surface area contributed by atoms with Gasteiger partial charge >= 0.3 is 5.97 Å². The fraction of sp³-hybridized carbons (Fsp3) is 0.769. The van der Waals surface area contributed by atoms with Crippen molar-refractivity contribution in [3.05, 3.63) is 23.5 Å². The van der Waals surface area contributed by atoms with Gasteiger partial charge in [-0.3, -0.25) is 9.59 Å². The van der Waals surface area contributed by atoms with E-state index in [1.54, 1.807) is 7.11 Å². The molecule has 6 heteroatoms. The summed E-state index contributed by atoms with van der Waals surface area (Å²) in [5.41, 5.74) is -0.947. The first-order chi connectivity index (χ1) is 15.2. The maximum Gasteiger partial charge on any atom is 0.306 e. The summed E-state index contributed by atoms with van der Waals surface area (Å²) < 4.78 is 11.5. The second-order valence-corrected chi connectivity index (χ2v) is 10.8. The third kappa shape index (κ3) is 3.20. The first-order valence-corrected chi connectivity index (χ1v) is 12.2. The number of Topliss-reactive ketones (excluding diaryl/α,β-unsaturated/α-hetero) is 1. The van der Waals surface area contributed by atoms with E-state index in [4.69, 9.17) is 9.47 Å². The van der Waals surface area contributed by atoms with Crippen LogP contribution in [0.3, 0.4) is 0 Å². The molecule has 0 spiro atoms. The molecule has 0 aromatic carbocycles. The van der Waals surface area contributed by atoms with Crippen LogP contribution in [-0.4, -0.2) is 47.4 Å². The maximum atomic E-state index is 13.1. The van der Waals surface area contributed by atoms with Gasteiger partial charge in [0.15, 0.2) is 5.60 Å². The number of aliphatic hydroxyl groups is 2. The Morgan fingerprint density at radius 2 is 2.00 bits per heavy atom. The monoisotopic (exact) mass is 446 g/mol. The van der Waals surface area contributed by atoms with E-state index >= 15 is 0 Å². The van der Waals surface area contributed by atoms with E-state index in [1.807, 2.05) is 13.8 Å². The Bertz CT molecular complexity index is 845. The van der Waals surface area contributed by atoms with Crippen LogP contribution in [0, 0.1) is 28.6 Å². The predicted molar refractivity (Wildman–Crippen MR) is 119 cm³/mol. The third-order valence-electron chi connectivity index (χ3n) is 9.38. The van der Waals surface area contributed by atoms with Crippen LogP contribution >= 0.6 is 0 Å². The van der Waals surface area contributed by atoms with Crippen molar-refractivity contribution < 1.29 is 29.3 Å². The van der Waals surface area contributed by atoms with Crippen molar-refractivity contribution in [1.82, 2.24) is 0 Å². The summed E-state index contributed by atoms with van der Waals surface area (Å²) >= 11 is 0. The standard InChI is InChI=1S/C26H38O6/c1-5-6-22(30)32-26(21(29)15-27)12-10-19-18-8-7-16-13-17(31-4)9-11-24(16,2)23(18)20(28)14-25(19,26)3/h7,13,18-20,23,27-28H,5-6,8-12,14-15H2,1-4H3/t18-,19-,20-,23+,24-,25-,26-/m0/s1. The van der Waals surface area contributed by atoms with Crippen LogP contribution in [0.25, 0.3) is 0 Å². The minimum Gasteiger partial charge on any atom is -0.501 e. The molecule has 32 heavy (non-hydrogen) atoms. The van der Waals surface area contributed by atoms with Crippen molar-refractivity contribution in [1.29, 1.82) is 0 Å². The molecule has 178 valence electrons. The second-order valence-electron chi connectivity index (χ2n) is 10.8. The van der Waals surface area contributed by atoms with E-state index in [0.29, 0.717) is 19.3 Å². The molecule has 0 aliphatic heterocycles. The number of allylic oxidation sites excluding steroid dienone is 4. The van der Waals surface area contributed by atoms with E-state index in [1.165, 1.54) is 5.57 Å². The second kappa shape index (κ2) is 8.28. The number of carbonyl (C=O) groups is 2. The number of hydrogen-bond acceptors (Lipinski definition) is 6. The van der Waals surface area contributed by atoms with Crippen molar-refractivity contribution in [3.8, 4) is 0 Å². The highest BCUT2D eigenvalue weighted by atomic mass is 16.6. The van der Waals surface area contributed by atoms with Crippen molar-refractivity contribution in [2.24, 2.45) is 28.6 Å². The van der Waals surface area contributed by atoms with Gasteiger partial charge in [-0.05, 0) is 73.3 Å². The zero-order valence-corrected chi connectivity index (χ0v) is 19.9. The van der Waals surface area contributed by atoms with Crippen LogP contribution in [0.15, 0.2) is 23.5 Å². The molecule has 2 fully saturated rings. The number of ketones is 1. The van der Waals surface area contributed by atoms with E-state index < -0.39 is 35.5 Å².